The van der Waals surface area contributed by atoms with E-state index in [0.717, 1.165) is 10.8 Å². The summed E-state index contributed by atoms with van der Waals surface area (Å²) in [5, 5.41) is 1.95. The molecule has 3 heterocycles. The van der Waals surface area contributed by atoms with Gasteiger partial charge in [-0.3, -0.25) is 4.79 Å². The van der Waals surface area contributed by atoms with Crippen LogP contribution in [0.1, 0.15) is 25.7 Å². The molecule has 2 atom stereocenters. The Labute approximate surface area is 135 Å². The summed E-state index contributed by atoms with van der Waals surface area (Å²) >= 11 is 1.97. The van der Waals surface area contributed by atoms with Crippen LogP contribution in [-0.4, -0.2) is 39.0 Å². The van der Waals surface area contributed by atoms with Crippen molar-refractivity contribution in [3.63, 3.8) is 0 Å². The quantitative estimate of drug-likeness (QED) is 0.866. The summed E-state index contributed by atoms with van der Waals surface area (Å²) in [6.07, 6.45) is 8.98. The van der Waals surface area contributed by atoms with Crippen LogP contribution in [0.25, 0.3) is 10.9 Å². The number of aromatic nitrogens is 1. The van der Waals surface area contributed by atoms with Crippen LogP contribution in [-0.2, 0) is 11.3 Å². The van der Waals surface area contributed by atoms with Crippen LogP contribution in [0.3, 0.4) is 0 Å². The van der Waals surface area contributed by atoms with E-state index in [1.165, 1.54) is 31.1 Å². The SMILES string of the molecule is CSC1CC2CCC(C1)N2C(=O)Cn1ccc2ccccc21. The molecule has 0 aliphatic carbocycles. The Morgan fingerprint density at radius 1 is 1.18 bits per heavy atom. The Morgan fingerprint density at radius 3 is 2.64 bits per heavy atom. The first-order valence-electron chi connectivity index (χ1n) is 8.14. The van der Waals surface area contributed by atoms with Gasteiger partial charge in [-0.1, -0.05) is 18.2 Å². The van der Waals surface area contributed by atoms with E-state index in [0.29, 0.717) is 24.5 Å². The van der Waals surface area contributed by atoms with E-state index in [2.05, 4.69) is 33.9 Å². The zero-order valence-electron chi connectivity index (χ0n) is 12.9. The van der Waals surface area contributed by atoms with Crippen molar-refractivity contribution in [2.45, 2.75) is 49.6 Å². The number of amides is 1. The molecule has 2 aliphatic rings. The number of benzene rings is 1. The van der Waals surface area contributed by atoms with Crippen molar-refractivity contribution in [2.24, 2.45) is 0 Å². The third-order valence-electron chi connectivity index (χ3n) is 5.30. The third kappa shape index (κ3) is 2.34. The maximum atomic E-state index is 12.9. The number of carbonyl (C=O) groups excluding carboxylic acids is 1. The normalized spacial score (nSPS) is 27.5. The molecule has 22 heavy (non-hydrogen) atoms. The van der Waals surface area contributed by atoms with E-state index in [1.54, 1.807) is 0 Å². The van der Waals surface area contributed by atoms with Crippen molar-refractivity contribution in [3.8, 4) is 0 Å². The molecular formula is C18H22N2OS. The third-order valence-corrected chi connectivity index (χ3v) is 6.35. The van der Waals surface area contributed by atoms with Crippen LogP contribution in [0.2, 0.25) is 0 Å². The molecule has 2 saturated heterocycles. The fourth-order valence-electron chi connectivity index (χ4n) is 4.23. The first kappa shape index (κ1) is 14.2. The van der Waals surface area contributed by atoms with E-state index in [9.17, 15) is 4.79 Å². The van der Waals surface area contributed by atoms with Gasteiger partial charge in [0.25, 0.3) is 0 Å². The van der Waals surface area contributed by atoms with Crippen LogP contribution in [0.5, 0.6) is 0 Å². The smallest absolute Gasteiger partial charge is 0.243 e. The number of para-hydroxylation sites is 1. The Bertz CT molecular complexity index is 681. The highest BCUT2D eigenvalue weighted by molar-refractivity contribution is 7.99. The molecular weight excluding hydrogens is 292 g/mol. The van der Waals surface area contributed by atoms with Gasteiger partial charge in [0.1, 0.15) is 6.54 Å². The van der Waals surface area contributed by atoms with Crippen LogP contribution >= 0.6 is 11.8 Å². The Balaban J connectivity index is 1.53. The fraction of sp³-hybridized carbons (Fsp3) is 0.500. The van der Waals surface area contributed by atoms with E-state index in [-0.39, 0.29) is 0 Å². The molecule has 1 aromatic carbocycles. The summed E-state index contributed by atoms with van der Waals surface area (Å²) < 4.78 is 2.10. The van der Waals surface area contributed by atoms with Crippen LogP contribution in [0, 0.1) is 0 Å². The van der Waals surface area contributed by atoms with Crippen molar-refractivity contribution in [1.82, 2.24) is 9.47 Å². The average Bonchev–Trinajstić information content (AvgIpc) is 3.06. The van der Waals surface area contributed by atoms with Crippen molar-refractivity contribution in [1.29, 1.82) is 0 Å². The van der Waals surface area contributed by atoms with Crippen LogP contribution < -0.4 is 0 Å². The minimum Gasteiger partial charge on any atom is -0.338 e. The number of rotatable bonds is 3. The summed E-state index contributed by atoms with van der Waals surface area (Å²) in [6.45, 7) is 0.477. The van der Waals surface area contributed by atoms with Gasteiger partial charge in [-0.15, -0.1) is 0 Å². The van der Waals surface area contributed by atoms with Gasteiger partial charge in [0.15, 0.2) is 0 Å². The topological polar surface area (TPSA) is 25.2 Å². The molecule has 4 rings (SSSR count). The monoisotopic (exact) mass is 314 g/mol. The van der Waals surface area contributed by atoms with Crippen molar-refractivity contribution >= 4 is 28.6 Å². The fourth-order valence-corrected chi connectivity index (χ4v) is 5.06. The molecule has 2 bridgehead atoms. The second kappa shape index (κ2) is 5.65. The zero-order chi connectivity index (χ0) is 15.1. The van der Waals surface area contributed by atoms with Gasteiger partial charge in [0, 0.05) is 29.0 Å². The highest BCUT2D eigenvalue weighted by Gasteiger charge is 2.42. The van der Waals surface area contributed by atoms with Crippen LogP contribution in [0.15, 0.2) is 36.5 Å². The first-order chi connectivity index (χ1) is 10.8. The lowest BCUT2D eigenvalue weighted by Crippen LogP contribution is -2.48. The highest BCUT2D eigenvalue weighted by Crippen LogP contribution is 2.39. The molecule has 0 saturated carbocycles. The van der Waals surface area contributed by atoms with E-state index in [4.69, 9.17) is 0 Å². The van der Waals surface area contributed by atoms with Gasteiger partial charge >= 0.3 is 0 Å². The minimum absolute atomic E-state index is 0.299. The lowest BCUT2D eigenvalue weighted by molar-refractivity contribution is -0.136. The predicted octanol–water partition coefficient (Wildman–Crippen LogP) is 3.53. The number of thioether (sulfide) groups is 1. The summed E-state index contributed by atoms with van der Waals surface area (Å²) in [5.74, 6) is 0.299. The van der Waals surface area contributed by atoms with E-state index < -0.39 is 0 Å². The van der Waals surface area contributed by atoms with Crippen molar-refractivity contribution in [3.05, 3.63) is 36.5 Å². The standard InChI is InChI=1S/C18H22N2OS/c1-22-16-10-14-6-7-15(11-16)20(14)18(21)12-19-9-8-13-4-2-3-5-17(13)19/h2-5,8-9,14-16H,6-7,10-12H2,1H3. The second-order valence-corrected chi connectivity index (χ2v) is 7.66. The van der Waals surface area contributed by atoms with Gasteiger partial charge in [-0.25, -0.2) is 0 Å². The maximum Gasteiger partial charge on any atom is 0.243 e. The van der Waals surface area contributed by atoms with E-state index >= 15 is 0 Å². The highest BCUT2D eigenvalue weighted by atomic mass is 32.2. The number of carbonyl (C=O) groups is 1. The molecule has 2 aliphatic heterocycles. The van der Waals surface area contributed by atoms with Gasteiger partial charge in [-0.05, 0) is 49.5 Å². The number of hydrogen-bond acceptors (Lipinski definition) is 2. The molecule has 1 amide bonds. The van der Waals surface area contributed by atoms with Gasteiger partial charge < -0.3 is 9.47 Å². The first-order valence-corrected chi connectivity index (χ1v) is 9.43. The largest absolute Gasteiger partial charge is 0.338 e. The molecule has 0 radical (unpaired) electrons. The Hall–Kier alpha value is -1.42. The van der Waals surface area contributed by atoms with Crippen molar-refractivity contribution in [2.75, 3.05) is 6.26 Å². The van der Waals surface area contributed by atoms with Gasteiger partial charge in [0.2, 0.25) is 5.91 Å². The Kier molecular flexibility index (Phi) is 3.65. The summed E-state index contributed by atoms with van der Waals surface area (Å²) in [7, 11) is 0. The molecule has 1 aromatic heterocycles. The summed E-state index contributed by atoms with van der Waals surface area (Å²) in [5.41, 5.74) is 1.15. The second-order valence-electron chi connectivity index (χ2n) is 6.52. The molecule has 2 unspecified atom stereocenters. The molecule has 0 N–H and O–H groups in total. The lowest BCUT2D eigenvalue weighted by atomic mass is 10.0. The molecule has 3 nitrogen and oxygen atoms in total. The van der Waals surface area contributed by atoms with E-state index in [1.807, 2.05) is 30.1 Å². The maximum absolute atomic E-state index is 12.9. The molecule has 2 fully saturated rings. The molecule has 0 spiro atoms. The zero-order valence-corrected chi connectivity index (χ0v) is 13.8. The molecule has 2 aromatic rings. The summed E-state index contributed by atoms with van der Waals surface area (Å²) in [4.78, 5) is 15.1. The summed E-state index contributed by atoms with van der Waals surface area (Å²) in [6, 6.07) is 11.3. The minimum atomic E-state index is 0.299. The lowest BCUT2D eigenvalue weighted by Gasteiger charge is -2.38. The molecule has 4 heteroatoms. The number of nitrogens with zero attached hydrogens (tertiary/aromatic N) is 2. The van der Waals surface area contributed by atoms with Crippen molar-refractivity contribution < 1.29 is 4.79 Å². The average molecular weight is 314 g/mol. The van der Waals surface area contributed by atoms with Gasteiger partial charge in [0.05, 0.1) is 0 Å². The Morgan fingerprint density at radius 2 is 1.91 bits per heavy atom. The van der Waals surface area contributed by atoms with Gasteiger partial charge in [-0.2, -0.15) is 11.8 Å². The predicted molar refractivity (Wildman–Crippen MR) is 92.1 cm³/mol. The van der Waals surface area contributed by atoms with Crippen LogP contribution in [0.4, 0.5) is 0 Å². The number of hydrogen-bond donors (Lipinski definition) is 0. The number of piperidine rings is 1. The number of fused-ring (bicyclic) bond motifs is 3. The molecule has 116 valence electrons.